The topological polar surface area (TPSA) is 70.9 Å². The fraction of sp³-hybridized carbons (Fsp3) is 0.706. The molecule has 28 heavy (non-hydrogen) atoms. The summed E-state index contributed by atoms with van der Waals surface area (Å²) in [5, 5.41) is 0. The highest BCUT2D eigenvalue weighted by atomic mass is 28.3. The molecule has 0 aliphatic carbocycles. The van der Waals surface area contributed by atoms with Crippen molar-refractivity contribution in [1.29, 1.82) is 0 Å². The lowest BCUT2D eigenvalue weighted by molar-refractivity contribution is 0.878. The minimum Gasteiger partial charge on any atom is -0.316 e. The first-order valence-electron chi connectivity index (χ1n) is 9.80. The van der Waals surface area contributed by atoms with Crippen molar-refractivity contribution in [3.63, 3.8) is 0 Å². The largest absolute Gasteiger partial charge is 0.316 e. The highest BCUT2D eigenvalue weighted by molar-refractivity contribution is 6.79. The summed E-state index contributed by atoms with van der Waals surface area (Å²) >= 11 is 0. The molecule has 0 aromatic carbocycles. The lowest BCUT2D eigenvalue weighted by Crippen LogP contribution is -2.57. The van der Waals surface area contributed by atoms with Crippen LogP contribution in [0.2, 0.25) is 78.6 Å². The molecular formula is C17H36N4O3Si4. The fourth-order valence-corrected chi connectivity index (χ4v) is 9.96. The van der Waals surface area contributed by atoms with E-state index in [0.29, 0.717) is 11.2 Å². The van der Waals surface area contributed by atoms with Crippen LogP contribution < -0.4 is 16.9 Å². The van der Waals surface area contributed by atoms with Crippen molar-refractivity contribution < 1.29 is 0 Å². The van der Waals surface area contributed by atoms with Crippen LogP contribution in [0.1, 0.15) is 0 Å². The Bertz CT molecular complexity index is 1110. The lowest BCUT2D eigenvalue weighted by Gasteiger charge is -2.29. The molecule has 2 rings (SSSR count). The van der Waals surface area contributed by atoms with E-state index >= 15 is 0 Å². The Morgan fingerprint density at radius 1 is 0.464 bits per heavy atom. The van der Waals surface area contributed by atoms with Crippen molar-refractivity contribution in [3.05, 3.63) is 31.3 Å². The molecule has 0 spiro atoms. The molecule has 0 bridgehead atoms. The van der Waals surface area contributed by atoms with Crippen molar-refractivity contribution in [2.24, 2.45) is 0 Å². The van der Waals surface area contributed by atoms with Crippen LogP contribution in [0.25, 0.3) is 11.2 Å². The van der Waals surface area contributed by atoms with Gasteiger partial charge in [-0.3, -0.25) is 9.03 Å². The van der Waals surface area contributed by atoms with E-state index in [1.165, 1.54) is 4.23 Å². The van der Waals surface area contributed by atoms with Gasteiger partial charge in [0.05, 0.1) is 0 Å². The maximum absolute atomic E-state index is 13.7. The summed E-state index contributed by atoms with van der Waals surface area (Å²) in [6.45, 7) is 24.8. The van der Waals surface area contributed by atoms with E-state index < -0.39 is 32.9 Å². The van der Waals surface area contributed by atoms with Crippen LogP contribution in [-0.4, -0.2) is 49.9 Å². The zero-order chi connectivity index (χ0) is 22.2. The first-order valence-corrected chi connectivity index (χ1v) is 23.6. The highest BCUT2D eigenvalue weighted by Gasteiger charge is 2.38. The minimum absolute atomic E-state index is 0.120. The van der Waals surface area contributed by atoms with E-state index in [9.17, 15) is 14.4 Å². The Hall–Kier alpha value is -1.18. The van der Waals surface area contributed by atoms with Gasteiger partial charge in [-0.1, -0.05) is 78.6 Å². The molecule has 0 radical (unpaired) electrons. The second-order valence-electron chi connectivity index (χ2n) is 11.6. The summed E-state index contributed by atoms with van der Waals surface area (Å²) < 4.78 is 6.89. The van der Waals surface area contributed by atoms with E-state index in [2.05, 4.69) is 58.9 Å². The molecule has 158 valence electrons. The van der Waals surface area contributed by atoms with E-state index in [1.807, 2.05) is 28.1 Å². The van der Waals surface area contributed by atoms with E-state index in [1.54, 1.807) is 4.23 Å². The molecule has 0 saturated heterocycles. The predicted molar refractivity (Wildman–Crippen MR) is 130 cm³/mol. The van der Waals surface area contributed by atoms with Crippen LogP contribution in [0.4, 0.5) is 0 Å². The molecule has 0 unspecified atom stereocenters. The van der Waals surface area contributed by atoms with Gasteiger partial charge < -0.3 is 12.7 Å². The average Bonchev–Trinajstić information content (AvgIpc) is 2.67. The molecule has 0 amide bonds. The van der Waals surface area contributed by atoms with Crippen molar-refractivity contribution >= 4 is 44.1 Å². The Balaban J connectivity index is 3.51. The molecule has 2 aromatic heterocycles. The number of hydrogen-bond donors (Lipinski definition) is 0. The summed E-state index contributed by atoms with van der Waals surface area (Å²) in [6, 6.07) is 0. The maximum atomic E-state index is 13.7. The molecular weight excluding hydrogens is 421 g/mol. The van der Waals surface area contributed by atoms with E-state index in [4.69, 9.17) is 0 Å². The molecule has 0 atom stereocenters. The molecule has 0 aliphatic rings. The molecule has 0 N–H and O–H groups in total. The zero-order valence-corrected chi connectivity index (χ0v) is 23.5. The van der Waals surface area contributed by atoms with Crippen molar-refractivity contribution in [1.82, 2.24) is 16.9 Å². The minimum atomic E-state index is -2.29. The number of aromatic nitrogens is 4. The molecule has 11 heteroatoms. The number of nitrogens with zero attached hydrogens (tertiary/aromatic N) is 4. The van der Waals surface area contributed by atoms with Gasteiger partial charge in [-0.15, -0.1) is 0 Å². The maximum Gasteiger partial charge on any atom is 0.316 e. The summed E-state index contributed by atoms with van der Waals surface area (Å²) in [7, 11) is -8.91. The SMILES string of the molecule is C[Si](C)(C)n1c(=O)c2c(n([Si](C)(C)C)c1=O)n([Si](C)(C)C)c(=O)n2[Si](C)(C)C. The molecule has 0 aliphatic heterocycles. The second-order valence-corrected chi connectivity index (χ2v) is 30.7. The van der Waals surface area contributed by atoms with Crippen molar-refractivity contribution in [2.45, 2.75) is 78.6 Å². The first kappa shape index (κ1) is 23.1. The van der Waals surface area contributed by atoms with Gasteiger partial charge >= 0.3 is 11.4 Å². The van der Waals surface area contributed by atoms with E-state index in [-0.39, 0.29) is 16.9 Å². The van der Waals surface area contributed by atoms with Gasteiger partial charge in [0, 0.05) is 0 Å². The Labute approximate surface area is 171 Å². The van der Waals surface area contributed by atoms with Gasteiger partial charge in [-0.25, -0.2) is 9.59 Å². The van der Waals surface area contributed by atoms with Crippen LogP contribution in [-0.2, 0) is 0 Å². The fourth-order valence-electron chi connectivity index (χ4n) is 3.70. The third-order valence-electron chi connectivity index (χ3n) is 4.71. The number of imidazole rings is 1. The zero-order valence-electron chi connectivity index (χ0n) is 19.5. The number of hydrogen-bond acceptors (Lipinski definition) is 3. The molecule has 7 nitrogen and oxygen atoms in total. The standard InChI is InChI=1S/C17H36N4O3Si4/c1-25(2,3)18-13-14(19(16(18)23)26(4,5)6)20(27(7,8)9)17(24)21(15(13)22)28(10,11)12/h1-12H3. The van der Waals surface area contributed by atoms with Gasteiger partial charge in [-0.2, -0.15) is 0 Å². The van der Waals surface area contributed by atoms with Crippen molar-refractivity contribution in [3.8, 4) is 0 Å². The lowest BCUT2D eigenvalue weighted by atomic mass is 10.5. The van der Waals surface area contributed by atoms with Gasteiger partial charge in [-0.05, 0) is 0 Å². The predicted octanol–water partition coefficient (Wildman–Crippen LogP) is 2.86. The van der Waals surface area contributed by atoms with Crippen LogP contribution in [0, 0.1) is 0 Å². The Morgan fingerprint density at radius 2 is 0.750 bits per heavy atom. The summed E-state index contributed by atoms with van der Waals surface area (Å²) in [4.78, 5) is 41.0. The van der Waals surface area contributed by atoms with Gasteiger partial charge in [0.25, 0.3) is 5.56 Å². The molecule has 2 aromatic rings. The van der Waals surface area contributed by atoms with Gasteiger partial charge in [0.1, 0.15) is 11.2 Å². The summed E-state index contributed by atoms with van der Waals surface area (Å²) in [6.07, 6.45) is 0. The molecule has 2 heterocycles. The molecule has 0 saturated carbocycles. The number of rotatable bonds is 4. The quantitative estimate of drug-likeness (QED) is 0.664. The Morgan fingerprint density at radius 3 is 1.04 bits per heavy atom. The monoisotopic (exact) mass is 456 g/mol. The van der Waals surface area contributed by atoms with E-state index in [0.717, 1.165) is 0 Å². The van der Waals surface area contributed by atoms with Crippen LogP contribution in [0.5, 0.6) is 0 Å². The Kier molecular flexibility index (Phi) is 5.29. The summed E-state index contributed by atoms with van der Waals surface area (Å²) in [5.41, 5.74) is 0.359. The van der Waals surface area contributed by atoms with Crippen LogP contribution in [0.3, 0.4) is 0 Å². The first-order chi connectivity index (χ1) is 12.2. The highest BCUT2D eigenvalue weighted by Crippen LogP contribution is 2.21. The third-order valence-corrected chi connectivity index (χ3v) is 11.7. The second kappa shape index (κ2) is 6.41. The van der Waals surface area contributed by atoms with Gasteiger partial charge in [0.2, 0.25) is 0 Å². The smallest absolute Gasteiger partial charge is 0.316 e. The van der Waals surface area contributed by atoms with Crippen LogP contribution in [0.15, 0.2) is 14.4 Å². The van der Waals surface area contributed by atoms with Crippen molar-refractivity contribution in [2.75, 3.05) is 0 Å². The average molecular weight is 457 g/mol. The number of fused-ring (bicyclic) bond motifs is 1. The normalized spacial score (nSPS) is 14.1. The molecule has 0 fully saturated rings. The van der Waals surface area contributed by atoms with Crippen LogP contribution >= 0.6 is 0 Å². The summed E-state index contributed by atoms with van der Waals surface area (Å²) in [5.74, 6) is 0. The van der Waals surface area contributed by atoms with Gasteiger partial charge in [0.15, 0.2) is 32.9 Å². The third kappa shape index (κ3) is 3.57.